The van der Waals surface area contributed by atoms with Gasteiger partial charge in [-0.3, -0.25) is 10.1 Å². The van der Waals surface area contributed by atoms with Crippen molar-refractivity contribution in [3.8, 4) is 17.4 Å². The lowest BCUT2D eigenvalue weighted by atomic mass is 10.3. The molecule has 2 rings (SSSR count). The van der Waals surface area contributed by atoms with E-state index < -0.39 is 4.92 Å². The molecular formula is C12H9BrN2O4. The van der Waals surface area contributed by atoms with Crippen molar-refractivity contribution in [2.24, 2.45) is 0 Å². The van der Waals surface area contributed by atoms with Crippen LogP contribution in [0, 0.1) is 10.1 Å². The molecule has 0 saturated carbocycles. The molecule has 19 heavy (non-hydrogen) atoms. The molecule has 0 aliphatic heterocycles. The minimum Gasteiger partial charge on any atom is -0.490 e. The van der Waals surface area contributed by atoms with Crippen molar-refractivity contribution in [2.45, 2.75) is 0 Å². The van der Waals surface area contributed by atoms with Crippen molar-refractivity contribution in [1.29, 1.82) is 0 Å². The quantitative estimate of drug-likeness (QED) is 0.635. The van der Waals surface area contributed by atoms with Gasteiger partial charge in [-0.05, 0) is 34.1 Å². The van der Waals surface area contributed by atoms with E-state index in [0.29, 0.717) is 11.6 Å². The van der Waals surface area contributed by atoms with E-state index in [2.05, 4.69) is 20.9 Å². The maximum Gasteiger partial charge on any atom is 0.314 e. The molecule has 6 nitrogen and oxygen atoms in total. The van der Waals surface area contributed by atoms with E-state index in [1.807, 2.05) is 0 Å². The van der Waals surface area contributed by atoms with Gasteiger partial charge in [0, 0.05) is 16.7 Å². The third kappa shape index (κ3) is 3.19. The number of nitro groups is 1. The van der Waals surface area contributed by atoms with Crippen LogP contribution in [0.25, 0.3) is 0 Å². The van der Waals surface area contributed by atoms with Crippen LogP contribution < -0.4 is 9.47 Å². The Bertz CT molecular complexity index is 601. The Hall–Kier alpha value is -2.15. The van der Waals surface area contributed by atoms with Gasteiger partial charge in [0.15, 0.2) is 5.75 Å². The average molecular weight is 325 g/mol. The number of pyridine rings is 1. The number of ether oxygens (including phenoxy) is 2. The predicted octanol–water partition coefficient (Wildman–Crippen LogP) is 3.55. The third-order valence-corrected chi connectivity index (χ3v) is 2.74. The zero-order chi connectivity index (χ0) is 13.8. The van der Waals surface area contributed by atoms with Gasteiger partial charge in [-0.25, -0.2) is 4.98 Å². The van der Waals surface area contributed by atoms with Crippen LogP contribution in [-0.4, -0.2) is 17.0 Å². The fourth-order valence-corrected chi connectivity index (χ4v) is 1.65. The largest absolute Gasteiger partial charge is 0.490 e. The minimum atomic E-state index is -0.527. The van der Waals surface area contributed by atoms with Crippen LogP contribution in [0.5, 0.6) is 17.4 Å². The number of hydrogen-bond donors (Lipinski definition) is 0. The van der Waals surface area contributed by atoms with Gasteiger partial charge in [0.05, 0.1) is 18.1 Å². The summed E-state index contributed by atoms with van der Waals surface area (Å²) in [4.78, 5) is 14.4. The molecule has 1 heterocycles. The van der Waals surface area contributed by atoms with Crippen LogP contribution in [0.3, 0.4) is 0 Å². The Morgan fingerprint density at radius 1 is 1.32 bits per heavy atom. The summed E-state index contributed by atoms with van der Waals surface area (Å²) in [6.45, 7) is 0. The summed E-state index contributed by atoms with van der Waals surface area (Å²) in [5.74, 6) is 0.853. The number of halogens is 1. The van der Waals surface area contributed by atoms with E-state index in [-0.39, 0.29) is 11.4 Å². The summed E-state index contributed by atoms with van der Waals surface area (Å²) in [6.07, 6.45) is 1.58. The van der Waals surface area contributed by atoms with E-state index in [4.69, 9.17) is 9.47 Å². The highest BCUT2D eigenvalue weighted by Crippen LogP contribution is 2.32. The molecule has 0 atom stereocenters. The maximum absolute atomic E-state index is 10.9. The van der Waals surface area contributed by atoms with Crippen molar-refractivity contribution in [1.82, 2.24) is 4.98 Å². The monoisotopic (exact) mass is 324 g/mol. The lowest BCUT2D eigenvalue weighted by molar-refractivity contribution is -0.385. The molecule has 98 valence electrons. The second kappa shape index (κ2) is 5.66. The van der Waals surface area contributed by atoms with Crippen LogP contribution in [-0.2, 0) is 0 Å². The Labute approximate surface area is 117 Å². The highest BCUT2D eigenvalue weighted by Gasteiger charge is 2.16. The van der Waals surface area contributed by atoms with Gasteiger partial charge in [-0.15, -0.1) is 0 Å². The standard InChI is InChI=1S/C12H9BrN2O4/c1-18-11-4-3-9(6-10(11)15(16)17)19-12-5-2-8(13)7-14-12/h2-7H,1H3. The summed E-state index contributed by atoms with van der Waals surface area (Å²) in [7, 11) is 1.37. The van der Waals surface area contributed by atoms with E-state index in [9.17, 15) is 10.1 Å². The minimum absolute atomic E-state index is 0.155. The molecule has 0 aliphatic carbocycles. The molecular weight excluding hydrogens is 316 g/mol. The van der Waals surface area contributed by atoms with Gasteiger partial charge in [0.1, 0.15) is 5.75 Å². The average Bonchev–Trinajstić information content (AvgIpc) is 2.41. The first-order chi connectivity index (χ1) is 9.10. The van der Waals surface area contributed by atoms with Crippen molar-refractivity contribution < 1.29 is 14.4 Å². The molecule has 0 fully saturated rings. The van der Waals surface area contributed by atoms with Crippen molar-refractivity contribution >= 4 is 21.6 Å². The van der Waals surface area contributed by atoms with Crippen LogP contribution in [0.4, 0.5) is 5.69 Å². The number of nitro benzene ring substituents is 1. The Morgan fingerprint density at radius 2 is 2.11 bits per heavy atom. The van der Waals surface area contributed by atoms with Crippen LogP contribution >= 0.6 is 15.9 Å². The van der Waals surface area contributed by atoms with Crippen LogP contribution in [0.1, 0.15) is 0 Å². The summed E-state index contributed by atoms with van der Waals surface area (Å²) >= 11 is 3.26. The number of aromatic nitrogens is 1. The van der Waals surface area contributed by atoms with Gasteiger partial charge in [0.2, 0.25) is 5.88 Å². The first kappa shape index (κ1) is 13.3. The number of benzene rings is 1. The van der Waals surface area contributed by atoms with E-state index in [1.54, 1.807) is 24.4 Å². The topological polar surface area (TPSA) is 74.5 Å². The molecule has 0 spiro atoms. The maximum atomic E-state index is 10.9. The molecule has 0 saturated heterocycles. The lowest BCUT2D eigenvalue weighted by Crippen LogP contribution is -1.95. The van der Waals surface area contributed by atoms with Gasteiger partial charge in [-0.1, -0.05) is 0 Å². The summed E-state index contributed by atoms with van der Waals surface area (Å²) in [6, 6.07) is 7.77. The second-order valence-electron chi connectivity index (χ2n) is 3.51. The Morgan fingerprint density at radius 3 is 2.68 bits per heavy atom. The fraction of sp³-hybridized carbons (Fsp3) is 0.0833. The lowest BCUT2D eigenvalue weighted by Gasteiger charge is -2.06. The zero-order valence-corrected chi connectivity index (χ0v) is 11.5. The molecule has 0 unspecified atom stereocenters. The molecule has 1 aromatic carbocycles. The Kier molecular flexibility index (Phi) is 3.96. The molecule has 7 heteroatoms. The van der Waals surface area contributed by atoms with Gasteiger partial charge in [-0.2, -0.15) is 0 Å². The SMILES string of the molecule is COc1ccc(Oc2ccc(Br)cn2)cc1[N+](=O)[O-]. The zero-order valence-electron chi connectivity index (χ0n) is 9.87. The third-order valence-electron chi connectivity index (χ3n) is 2.27. The van der Waals surface area contributed by atoms with Crippen molar-refractivity contribution in [3.05, 3.63) is 51.1 Å². The molecule has 0 amide bonds. The van der Waals surface area contributed by atoms with Crippen LogP contribution in [0.15, 0.2) is 41.0 Å². The number of hydrogen-bond acceptors (Lipinski definition) is 5. The van der Waals surface area contributed by atoms with Crippen LogP contribution in [0.2, 0.25) is 0 Å². The van der Waals surface area contributed by atoms with E-state index in [0.717, 1.165) is 4.47 Å². The summed E-state index contributed by atoms with van der Waals surface area (Å²) in [5, 5.41) is 10.9. The molecule has 0 aliphatic rings. The van der Waals surface area contributed by atoms with E-state index >= 15 is 0 Å². The molecule has 1 aromatic heterocycles. The van der Waals surface area contributed by atoms with Gasteiger partial charge < -0.3 is 9.47 Å². The molecule has 2 aromatic rings. The summed E-state index contributed by atoms with van der Waals surface area (Å²) < 4.78 is 11.2. The van der Waals surface area contributed by atoms with E-state index in [1.165, 1.54) is 19.2 Å². The van der Waals surface area contributed by atoms with Crippen molar-refractivity contribution in [3.63, 3.8) is 0 Å². The smallest absolute Gasteiger partial charge is 0.314 e. The normalized spacial score (nSPS) is 10.0. The first-order valence-corrected chi connectivity index (χ1v) is 6.01. The molecule has 0 bridgehead atoms. The highest BCUT2D eigenvalue weighted by atomic mass is 79.9. The molecule has 0 radical (unpaired) electrons. The van der Waals surface area contributed by atoms with Crippen molar-refractivity contribution in [2.75, 3.05) is 7.11 Å². The second-order valence-corrected chi connectivity index (χ2v) is 4.42. The highest BCUT2D eigenvalue weighted by molar-refractivity contribution is 9.10. The first-order valence-electron chi connectivity index (χ1n) is 5.22. The van der Waals surface area contributed by atoms with Gasteiger partial charge >= 0.3 is 5.69 Å². The predicted molar refractivity (Wildman–Crippen MR) is 71.7 cm³/mol. The number of nitrogens with zero attached hydrogens (tertiary/aromatic N) is 2. The summed E-state index contributed by atoms with van der Waals surface area (Å²) in [5.41, 5.74) is -0.155. The molecule has 0 N–H and O–H groups in total. The number of methoxy groups -OCH3 is 1. The fourth-order valence-electron chi connectivity index (χ4n) is 1.42. The Balaban J connectivity index is 2.28. The van der Waals surface area contributed by atoms with Gasteiger partial charge in [0.25, 0.3) is 0 Å². The number of rotatable bonds is 4.